The third kappa shape index (κ3) is 12.7. The molecule has 27 heteroatoms. The van der Waals surface area contributed by atoms with Crippen LogP contribution in [0.15, 0.2) is 98.1 Å². The molecule has 3 fully saturated rings. The summed E-state index contributed by atoms with van der Waals surface area (Å²) in [6.45, 7) is 0. The van der Waals surface area contributed by atoms with Gasteiger partial charge in [0.05, 0.1) is 56.8 Å². The number of hydrogen-bond donors (Lipinski definition) is 4. The summed E-state index contributed by atoms with van der Waals surface area (Å²) < 4.78 is 5.37. The van der Waals surface area contributed by atoms with E-state index in [2.05, 4.69) is 87.8 Å². The van der Waals surface area contributed by atoms with Crippen LogP contribution >= 0.6 is 57.2 Å². The number of anilines is 6. The number of aromatic amines is 1. The summed E-state index contributed by atoms with van der Waals surface area (Å²) in [7, 11) is 5.70. The Hall–Kier alpha value is -8.07. The summed E-state index contributed by atoms with van der Waals surface area (Å²) in [5.74, 6) is 3.84. The number of hydrogen-bond acceptors (Lipinski definition) is 21. The number of nitrogens with zero attached hydrogens (tertiary/aromatic N) is 17. The van der Waals surface area contributed by atoms with Crippen molar-refractivity contribution in [2.24, 2.45) is 21.1 Å². The molecule has 84 heavy (non-hydrogen) atoms. The number of pyridine rings is 6. The number of fused-ring (bicyclic) bond motifs is 3. The van der Waals surface area contributed by atoms with Crippen LogP contribution < -0.4 is 20.6 Å². The molecular formula is C57H57Cl2N21OS3. The second-order valence-electron chi connectivity index (χ2n) is 21.0. The standard InChI is InChI=1S/2C19H18ClN7S.C19H19N7S.H2O/c1-27-10-12(9-21-27)13-8-15-14(23-17(13)20)6-7-16(22-15)24-19-26-25-18(28-19)11-4-2-3-5-11;1-27-10-12(8-22-27)13-9-21-14-6-7-15(23-17(14)16(13)20)24-19-26-25-18(28-19)11-4-2-3-5-11;1-26-11-14(10-21-26)13-8-16-15(20-9-13)6-7-17(22-16)23-19-25-24-18(27-19)12-4-2-3-5-12;/h6-11H,2-5H2,1H3,(H,22,24,26);6-11H,2-5H2,1H3,(H,23,24,26);6-12H,2-5H2,1H3,(H,22,23,25);1H2. The van der Waals surface area contributed by atoms with Gasteiger partial charge in [0.15, 0.2) is 7.05 Å². The van der Waals surface area contributed by atoms with E-state index in [1.807, 2.05) is 99.3 Å². The van der Waals surface area contributed by atoms with Crippen molar-refractivity contribution in [3.63, 3.8) is 0 Å². The van der Waals surface area contributed by atoms with Crippen LogP contribution in [0.3, 0.4) is 0 Å². The number of halogens is 2. The Morgan fingerprint density at radius 2 is 0.988 bits per heavy atom. The van der Waals surface area contributed by atoms with Crippen LogP contribution in [0.1, 0.15) is 110 Å². The van der Waals surface area contributed by atoms with Gasteiger partial charge in [-0.25, -0.2) is 19.9 Å². The van der Waals surface area contributed by atoms with E-state index in [0.29, 0.717) is 45.1 Å². The SMILES string of the molecule is C[n+]1cc(-c2cnc3ccc(Nc4nnc(C5CCCC5)s4)nc3c2)c[nH]1.Cn1cc(-c2cc3nc(Nc4nnc(C5CCCC5)s4)ccc3nc2Cl)cn1.Cn1cc(-c2cnc3ccc(Nc4nnc(C5CCCC5)s4)nc3c2Cl)cn1.[OH-]. The van der Waals surface area contributed by atoms with Crippen molar-refractivity contribution in [2.45, 2.75) is 94.8 Å². The van der Waals surface area contributed by atoms with Crippen molar-refractivity contribution < 1.29 is 10.2 Å². The van der Waals surface area contributed by atoms with Crippen molar-refractivity contribution in [1.82, 2.24) is 85.2 Å². The van der Waals surface area contributed by atoms with Gasteiger partial charge in [0, 0.05) is 84.5 Å². The minimum absolute atomic E-state index is 0. The highest BCUT2D eigenvalue weighted by Gasteiger charge is 2.24. The highest BCUT2D eigenvalue weighted by atomic mass is 35.5. The van der Waals surface area contributed by atoms with E-state index >= 15 is 0 Å². The van der Waals surface area contributed by atoms with Crippen LogP contribution in [0.2, 0.25) is 10.2 Å². The Labute approximate surface area is 504 Å². The third-order valence-corrected chi connectivity index (χ3v) is 18.7. The smallest absolute Gasteiger partial charge is 0.211 e. The minimum Gasteiger partial charge on any atom is -0.870 e. The Kier molecular flexibility index (Phi) is 16.8. The Morgan fingerprint density at radius 1 is 0.512 bits per heavy atom. The van der Waals surface area contributed by atoms with Gasteiger partial charge >= 0.3 is 0 Å². The summed E-state index contributed by atoms with van der Waals surface area (Å²) in [4.78, 5) is 27.6. The molecule has 0 unspecified atom stereocenters. The van der Waals surface area contributed by atoms with Crippen molar-refractivity contribution in [2.75, 3.05) is 16.0 Å². The lowest BCUT2D eigenvalue weighted by Gasteiger charge is -2.07. The van der Waals surface area contributed by atoms with E-state index in [0.717, 1.165) is 97.2 Å². The van der Waals surface area contributed by atoms with Gasteiger partial charge in [-0.15, -0.1) is 35.3 Å². The number of nitrogens with one attached hydrogen (secondary N) is 4. The first kappa shape index (κ1) is 56.4. The fourth-order valence-electron chi connectivity index (χ4n) is 10.8. The predicted octanol–water partition coefficient (Wildman–Crippen LogP) is 13.4. The molecule has 428 valence electrons. The zero-order valence-electron chi connectivity index (χ0n) is 46.0. The lowest BCUT2D eigenvalue weighted by molar-refractivity contribution is -0.726. The fraction of sp³-hybridized carbons (Fsp3) is 0.316. The quantitative estimate of drug-likeness (QED) is 0.0653. The molecule has 0 aromatic carbocycles. The lowest BCUT2D eigenvalue weighted by Crippen LogP contribution is -2.27. The third-order valence-electron chi connectivity index (χ3n) is 15.1. The Morgan fingerprint density at radius 3 is 1.49 bits per heavy atom. The van der Waals surface area contributed by atoms with Crippen molar-refractivity contribution in [3.8, 4) is 33.4 Å². The highest BCUT2D eigenvalue weighted by molar-refractivity contribution is 7.16. The molecule has 0 amide bonds. The number of rotatable bonds is 12. The van der Waals surface area contributed by atoms with Gasteiger partial charge in [-0.3, -0.25) is 19.3 Å². The fourth-order valence-corrected chi connectivity index (χ4v) is 14.1. The van der Waals surface area contributed by atoms with Crippen LogP contribution in [-0.4, -0.2) is 90.6 Å². The zero-order valence-corrected chi connectivity index (χ0v) is 49.9. The van der Waals surface area contributed by atoms with Crippen LogP contribution in [0.25, 0.3) is 66.5 Å². The van der Waals surface area contributed by atoms with Crippen LogP contribution in [0.5, 0.6) is 0 Å². The van der Waals surface area contributed by atoms with Crippen LogP contribution in [0.4, 0.5) is 32.8 Å². The molecule has 0 aliphatic heterocycles. The maximum absolute atomic E-state index is 6.66. The first-order chi connectivity index (χ1) is 40.6. The molecule has 3 aliphatic carbocycles. The zero-order chi connectivity index (χ0) is 56.4. The van der Waals surface area contributed by atoms with Gasteiger partial charge < -0.3 is 21.4 Å². The van der Waals surface area contributed by atoms with Crippen LogP contribution in [-0.2, 0) is 21.1 Å². The first-order valence-corrected chi connectivity index (χ1v) is 30.8. The molecule has 0 radical (unpaired) electrons. The molecule has 3 aliphatic rings. The number of aryl methyl sites for hydroxylation is 3. The average molecular weight is 1220 g/mol. The summed E-state index contributed by atoms with van der Waals surface area (Å²) in [5.41, 5.74) is 10.2. The van der Waals surface area contributed by atoms with E-state index in [1.54, 1.807) is 62.0 Å². The van der Waals surface area contributed by atoms with Gasteiger partial charge in [-0.2, -0.15) is 15.3 Å². The predicted molar refractivity (Wildman–Crippen MR) is 329 cm³/mol. The average Bonchev–Trinajstić information content (AvgIpc) is 4.43. The van der Waals surface area contributed by atoms with Gasteiger partial charge in [0.25, 0.3) is 0 Å². The molecule has 5 N–H and O–H groups in total. The topological polar surface area (TPSA) is 276 Å². The maximum atomic E-state index is 6.66. The molecule has 3 saturated carbocycles. The molecule has 12 heterocycles. The lowest BCUT2D eigenvalue weighted by atomic mass is 10.1. The number of H-pyrrole nitrogens is 1. The van der Waals surface area contributed by atoms with Gasteiger partial charge in [-0.05, 0) is 87.1 Å². The summed E-state index contributed by atoms with van der Waals surface area (Å²) >= 11 is 17.9. The molecular weight excluding hydrogens is 1160 g/mol. The van der Waals surface area contributed by atoms with Gasteiger partial charge in [0.2, 0.25) is 21.6 Å². The maximum Gasteiger partial charge on any atom is 0.211 e. The molecule has 12 aromatic rings. The first-order valence-electron chi connectivity index (χ1n) is 27.6. The molecule has 0 bridgehead atoms. The number of aromatic nitrogens is 18. The molecule has 0 atom stereocenters. The van der Waals surface area contributed by atoms with E-state index in [-0.39, 0.29) is 5.48 Å². The molecule has 0 spiro atoms. The Bertz CT molecular complexity index is 4210. The normalized spacial score (nSPS) is 14.6. The monoisotopic (exact) mass is 1220 g/mol. The minimum atomic E-state index is 0. The highest BCUT2D eigenvalue weighted by Crippen LogP contribution is 2.41. The molecule has 15 rings (SSSR count). The second kappa shape index (κ2) is 25.0. The van der Waals surface area contributed by atoms with Crippen molar-refractivity contribution in [3.05, 3.63) is 123 Å². The van der Waals surface area contributed by atoms with Crippen molar-refractivity contribution in [1.29, 1.82) is 0 Å². The van der Waals surface area contributed by atoms with Crippen molar-refractivity contribution >= 4 is 123 Å². The van der Waals surface area contributed by atoms with E-state index in [1.165, 1.54) is 77.0 Å². The Balaban J connectivity index is 0.000000123. The summed E-state index contributed by atoms with van der Waals surface area (Å²) in [6.07, 6.45) is 30.0. The molecule has 22 nitrogen and oxygen atoms in total. The second-order valence-corrected chi connectivity index (χ2v) is 24.8. The molecule has 0 saturated heterocycles. The van der Waals surface area contributed by atoms with Gasteiger partial charge in [0.1, 0.15) is 43.1 Å². The summed E-state index contributed by atoms with van der Waals surface area (Å²) in [5, 5.41) is 54.0. The summed E-state index contributed by atoms with van der Waals surface area (Å²) in [6, 6.07) is 15.5. The van der Waals surface area contributed by atoms with E-state index in [4.69, 9.17) is 33.2 Å². The van der Waals surface area contributed by atoms with E-state index in [9.17, 15) is 0 Å². The largest absolute Gasteiger partial charge is 0.870 e. The van der Waals surface area contributed by atoms with E-state index < -0.39 is 0 Å². The van der Waals surface area contributed by atoms with Gasteiger partial charge in [-0.1, -0.05) is 95.7 Å². The molecule has 12 aromatic heterocycles. The van der Waals surface area contributed by atoms with Crippen LogP contribution in [0, 0.1) is 0 Å².